The van der Waals surface area contributed by atoms with Gasteiger partial charge >= 0.3 is 0 Å². The van der Waals surface area contributed by atoms with Crippen LogP contribution in [0.1, 0.15) is 5.56 Å². The number of imidazole rings is 1. The van der Waals surface area contributed by atoms with Crippen molar-refractivity contribution >= 4 is 34.1 Å². The summed E-state index contributed by atoms with van der Waals surface area (Å²) in [5.74, 6) is 0.430. The highest BCUT2D eigenvalue weighted by atomic mass is 35.5. The quantitative estimate of drug-likeness (QED) is 0.476. The fraction of sp³-hybridized carbons (Fsp3) is 0.0476. The number of pyridine rings is 2. The summed E-state index contributed by atoms with van der Waals surface area (Å²) in [5, 5.41) is 4.61. The molecule has 29 heavy (non-hydrogen) atoms. The molecule has 0 bridgehead atoms. The predicted molar refractivity (Wildman–Crippen MR) is 113 cm³/mol. The Morgan fingerprint density at radius 3 is 2.97 bits per heavy atom. The first kappa shape index (κ1) is 17.4. The monoisotopic (exact) mass is 402 g/mol. The molecule has 0 unspecified atom stereocenters. The number of aromatic amines is 1. The van der Waals surface area contributed by atoms with E-state index in [1.54, 1.807) is 24.5 Å². The zero-order valence-electron chi connectivity index (χ0n) is 15.1. The molecule has 142 valence electrons. The Balaban J connectivity index is 1.43. The van der Waals surface area contributed by atoms with E-state index in [0.717, 1.165) is 27.9 Å². The molecule has 0 amide bonds. The molecule has 0 aliphatic rings. The summed E-state index contributed by atoms with van der Waals surface area (Å²) in [5.41, 5.74) is 3.60. The van der Waals surface area contributed by atoms with Crippen molar-refractivity contribution in [2.75, 3.05) is 5.32 Å². The maximum atomic E-state index is 12.4. The number of anilines is 1. The van der Waals surface area contributed by atoms with Crippen LogP contribution in [0.5, 0.6) is 0 Å². The number of hydrogen-bond donors (Lipinski definition) is 2. The molecule has 0 spiro atoms. The number of H-pyrrole nitrogens is 1. The lowest BCUT2D eigenvalue weighted by Crippen LogP contribution is -2.16. The number of fused-ring (bicyclic) bond motifs is 2. The molecule has 0 atom stereocenters. The van der Waals surface area contributed by atoms with Gasteiger partial charge in [0.2, 0.25) is 5.95 Å². The molecule has 5 rings (SSSR count). The lowest BCUT2D eigenvalue weighted by Gasteiger charge is -2.07. The Bertz CT molecular complexity index is 1410. The van der Waals surface area contributed by atoms with Gasteiger partial charge < -0.3 is 10.3 Å². The molecule has 4 heterocycles. The molecular formula is C21H15ClN6O. The van der Waals surface area contributed by atoms with Gasteiger partial charge in [0, 0.05) is 40.4 Å². The summed E-state index contributed by atoms with van der Waals surface area (Å²) in [6.07, 6.45) is 5.39. The van der Waals surface area contributed by atoms with E-state index in [1.807, 2.05) is 47.0 Å². The molecule has 0 aliphatic carbocycles. The summed E-state index contributed by atoms with van der Waals surface area (Å²) in [6.45, 7) is 0.286. The first-order valence-corrected chi connectivity index (χ1v) is 9.36. The van der Waals surface area contributed by atoms with E-state index < -0.39 is 0 Å². The average Bonchev–Trinajstić information content (AvgIpc) is 3.17. The number of halogens is 1. The van der Waals surface area contributed by atoms with Crippen LogP contribution in [0.4, 0.5) is 5.95 Å². The van der Waals surface area contributed by atoms with E-state index in [4.69, 9.17) is 11.6 Å². The third-order valence-corrected chi connectivity index (χ3v) is 4.89. The fourth-order valence-corrected chi connectivity index (χ4v) is 3.42. The zero-order chi connectivity index (χ0) is 19.8. The van der Waals surface area contributed by atoms with Crippen LogP contribution >= 0.6 is 11.6 Å². The van der Waals surface area contributed by atoms with Crippen molar-refractivity contribution in [3.63, 3.8) is 0 Å². The van der Waals surface area contributed by atoms with Gasteiger partial charge in [-0.1, -0.05) is 17.7 Å². The van der Waals surface area contributed by atoms with Crippen LogP contribution in [0.3, 0.4) is 0 Å². The van der Waals surface area contributed by atoms with Crippen molar-refractivity contribution in [1.82, 2.24) is 24.3 Å². The number of aromatic nitrogens is 5. The van der Waals surface area contributed by atoms with Crippen molar-refractivity contribution in [2.24, 2.45) is 0 Å². The van der Waals surface area contributed by atoms with Crippen molar-refractivity contribution in [3.05, 3.63) is 88.1 Å². The third kappa shape index (κ3) is 3.32. The van der Waals surface area contributed by atoms with Gasteiger partial charge in [0.1, 0.15) is 5.65 Å². The van der Waals surface area contributed by atoms with E-state index in [9.17, 15) is 4.79 Å². The fourth-order valence-electron chi connectivity index (χ4n) is 3.24. The topological polar surface area (TPSA) is 88.0 Å². The second-order valence-corrected chi connectivity index (χ2v) is 6.98. The van der Waals surface area contributed by atoms with Gasteiger partial charge in [0.25, 0.3) is 5.56 Å². The predicted octanol–water partition coefficient (Wildman–Crippen LogP) is 3.90. The van der Waals surface area contributed by atoms with Gasteiger partial charge in [-0.25, -0.2) is 15.0 Å². The Kier molecular flexibility index (Phi) is 4.22. The molecular weight excluding hydrogens is 388 g/mol. The average molecular weight is 403 g/mol. The number of rotatable bonds is 4. The molecule has 0 fully saturated rings. The summed E-state index contributed by atoms with van der Waals surface area (Å²) >= 11 is 6.06. The van der Waals surface area contributed by atoms with Gasteiger partial charge in [-0.3, -0.25) is 9.20 Å². The van der Waals surface area contributed by atoms with Crippen LogP contribution in [0.15, 0.2) is 71.9 Å². The SMILES string of the molecule is O=c1[nH]c2ccc(Cl)cc2cc1CNc1nccc(-c2cnc3ccccn23)n1. The summed E-state index contributed by atoms with van der Waals surface area (Å²) in [7, 11) is 0. The van der Waals surface area contributed by atoms with Crippen LogP contribution in [0.25, 0.3) is 27.9 Å². The largest absolute Gasteiger partial charge is 0.350 e. The van der Waals surface area contributed by atoms with E-state index in [0.29, 0.717) is 16.5 Å². The third-order valence-electron chi connectivity index (χ3n) is 4.66. The van der Waals surface area contributed by atoms with Crippen molar-refractivity contribution < 1.29 is 0 Å². The second kappa shape index (κ2) is 7.03. The molecule has 5 aromatic rings. The van der Waals surface area contributed by atoms with Crippen LogP contribution in [-0.2, 0) is 6.54 Å². The van der Waals surface area contributed by atoms with Crippen molar-refractivity contribution in [2.45, 2.75) is 6.54 Å². The number of benzene rings is 1. The lowest BCUT2D eigenvalue weighted by molar-refractivity contribution is 1.03. The van der Waals surface area contributed by atoms with Crippen LogP contribution in [0, 0.1) is 0 Å². The van der Waals surface area contributed by atoms with Crippen LogP contribution in [0.2, 0.25) is 5.02 Å². The maximum absolute atomic E-state index is 12.4. The van der Waals surface area contributed by atoms with Crippen LogP contribution < -0.4 is 10.9 Å². The Morgan fingerprint density at radius 2 is 2.03 bits per heavy atom. The molecule has 8 heteroatoms. The van der Waals surface area contributed by atoms with Crippen molar-refractivity contribution in [1.29, 1.82) is 0 Å². The zero-order valence-corrected chi connectivity index (χ0v) is 15.9. The van der Waals surface area contributed by atoms with Crippen molar-refractivity contribution in [3.8, 4) is 11.4 Å². The van der Waals surface area contributed by atoms with Gasteiger partial charge in [-0.15, -0.1) is 0 Å². The van der Waals surface area contributed by atoms with Gasteiger partial charge in [0.05, 0.1) is 17.6 Å². The molecule has 7 nitrogen and oxygen atoms in total. The first-order chi connectivity index (χ1) is 14.2. The summed E-state index contributed by atoms with van der Waals surface area (Å²) in [4.78, 5) is 28.5. The molecule has 4 aromatic heterocycles. The normalized spacial score (nSPS) is 11.2. The standard InChI is InChI=1S/C21H15ClN6O/c22-15-4-5-16-13(10-15)9-14(20(29)26-16)11-25-21-23-7-6-17(27-21)18-12-24-19-3-1-2-8-28(18)19/h1-10,12H,11H2,(H,26,29)(H,23,25,27). The van der Waals surface area contributed by atoms with E-state index in [-0.39, 0.29) is 12.1 Å². The summed E-state index contributed by atoms with van der Waals surface area (Å²) in [6, 6.07) is 14.8. The summed E-state index contributed by atoms with van der Waals surface area (Å²) < 4.78 is 1.96. The van der Waals surface area contributed by atoms with E-state index >= 15 is 0 Å². The molecule has 0 saturated heterocycles. The van der Waals surface area contributed by atoms with E-state index in [1.165, 1.54) is 0 Å². The number of nitrogens with one attached hydrogen (secondary N) is 2. The highest BCUT2D eigenvalue weighted by Crippen LogP contribution is 2.20. The molecule has 1 aromatic carbocycles. The molecule has 0 aliphatic heterocycles. The minimum Gasteiger partial charge on any atom is -0.350 e. The van der Waals surface area contributed by atoms with Gasteiger partial charge in [-0.05, 0) is 42.5 Å². The second-order valence-electron chi connectivity index (χ2n) is 6.55. The number of hydrogen-bond acceptors (Lipinski definition) is 5. The van der Waals surface area contributed by atoms with Crippen LogP contribution in [-0.4, -0.2) is 24.3 Å². The highest BCUT2D eigenvalue weighted by Gasteiger charge is 2.09. The smallest absolute Gasteiger partial charge is 0.253 e. The first-order valence-electron chi connectivity index (χ1n) is 8.98. The van der Waals surface area contributed by atoms with Gasteiger partial charge in [-0.2, -0.15) is 0 Å². The Labute approximate surface area is 170 Å². The lowest BCUT2D eigenvalue weighted by atomic mass is 10.1. The maximum Gasteiger partial charge on any atom is 0.253 e. The molecule has 2 N–H and O–H groups in total. The molecule has 0 saturated carbocycles. The highest BCUT2D eigenvalue weighted by molar-refractivity contribution is 6.31. The minimum atomic E-state index is -0.162. The molecule has 0 radical (unpaired) electrons. The minimum absolute atomic E-state index is 0.162. The van der Waals surface area contributed by atoms with E-state index in [2.05, 4.69) is 25.3 Å². The van der Waals surface area contributed by atoms with Gasteiger partial charge in [0.15, 0.2) is 0 Å². The Morgan fingerprint density at radius 1 is 1.10 bits per heavy atom. The number of nitrogens with zero attached hydrogens (tertiary/aromatic N) is 4. The Hall–Kier alpha value is -3.71.